The summed E-state index contributed by atoms with van der Waals surface area (Å²) in [5, 5.41) is 2.95. The number of rotatable bonds is 4. The van der Waals surface area contributed by atoms with Gasteiger partial charge < -0.3 is 10.1 Å². The molecule has 7 heteroatoms. The van der Waals surface area contributed by atoms with E-state index in [0.717, 1.165) is 17.8 Å². The molecule has 2 aromatic rings. The van der Waals surface area contributed by atoms with Crippen molar-refractivity contribution in [1.82, 2.24) is 9.97 Å². The number of aryl methyl sites for hydroxylation is 1. The van der Waals surface area contributed by atoms with E-state index in [1.807, 2.05) is 0 Å². The van der Waals surface area contributed by atoms with Crippen LogP contribution >= 0.6 is 0 Å². The Labute approximate surface area is 120 Å². The molecule has 4 nitrogen and oxygen atoms in total. The highest BCUT2D eigenvalue weighted by molar-refractivity contribution is 5.33. The number of benzene rings is 1. The van der Waals surface area contributed by atoms with Crippen molar-refractivity contribution in [3.63, 3.8) is 0 Å². The quantitative estimate of drug-likeness (QED) is 0.939. The number of nitrogens with zero attached hydrogens (tertiary/aromatic N) is 2. The summed E-state index contributed by atoms with van der Waals surface area (Å²) in [7, 11) is 1.50. The monoisotopic (exact) mass is 297 g/mol. The number of methoxy groups -OCH3 is 1. The SMILES string of the molecule is COc1cc(C)nc(NCc2ccc(C(F)(F)F)cc2)n1. The molecular weight excluding hydrogens is 283 g/mol. The number of anilines is 1. The number of alkyl halides is 3. The van der Waals surface area contributed by atoms with Crippen molar-refractivity contribution in [3.8, 4) is 5.88 Å². The van der Waals surface area contributed by atoms with Crippen molar-refractivity contribution in [2.24, 2.45) is 0 Å². The Morgan fingerprint density at radius 3 is 2.38 bits per heavy atom. The third-order valence-corrected chi connectivity index (χ3v) is 2.77. The maximum Gasteiger partial charge on any atom is 0.416 e. The van der Waals surface area contributed by atoms with Crippen molar-refractivity contribution in [3.05, 3.63) is 47.2 Å². The number of nitrogens with one attached hydrogen (secondary N) is 1. The van der Waals surface area contributed by atoms with Crippen molar-refractivity contribution in [1.29, 1.82) is 0 Å². The van der Waals surface area contributed by atoms with Crippen LogP contribution in [0.15, 0.2) is 30.3 Å². The lowest BCUT2D eigenvalue weighted by molar-refractivity contribution is -0.137. The van der Waals surface area contributed by atoms with Crippen LogP contribution in [0.25, 0.3) is 0 Å². The minimum absolute atomic E-state index is 0.324. The molecule has 112 valence electrons. The molecule has 1 heterocycles. The third-order valence-electron chi connectivity index (χ3n) is 2.77. The molecule has 0 atom stereocenters. The fourth-order valence-corrected chi connectivity index (χ4v) is 1.72. The van der Waals surface area contributed by atoms with Gasteiger partial charge in [-0.2, -0.15) is 18.2 Å². The zero-order valence-corrected chi connectivity index (χ0v) is 11.5. The third kappa shape index (κ3) is 4.08. The maximum atomic E-state index is 12.4. The van der Waals surface area contributed by atoms with E-state index in [9.17, 15) is 13.2 Å². The molecule has 0 aliphatic rings. The van der Waals surface area contributed by atoms with Crippen LogP contribution in [0.4, 0.5) is 19.1 Å². The Balaban J connectivity index is 2.05. The average Bonchev–Trinajstić information content (AvgIpc) is 2.44. The normalized spacial score (nSPS) is 11.3. The molecule has 0 unspecified atom stereocenters. The molecule has 0 bridgehead atoms. The lowest BCUT2D eigenvalue weighted by atomic mass is 10.1. The Bertz CT molecular complexity index is 612. The summed E-state index contributed by atoms with van der Waals surface area (Å²) in [5.41, 5.74) is 0.767. The molecule has 2 rings (SSSR count). The van der Waals surface area contributed by atoms with Crippen LogP contribution < -0.4 is 10.1 Å². The highest BCUT2D eigenvalue weighted by Gasteiger charge is 2.29. The van der Waals surface area contributed by atoms with Gasteiger partial charge in [-0.25, -0.2) is 4.98 Å². The highest BCUT2D eigenvalue weighted by atomic mass is 19.4. The smallest absolute Gasteiger partial charge is 0.416 e. The number of hydrogen-bond acceptors (Lipinski definition) is 4. The molecule has 0 amide bonds. The second-order valence-corrected chi connectivity index (χ2v) is 4.42. The summed E-state index contributed by atoms with van der Waals surface area (Å²) in [6, 6.07) is 6.62. The van der Waals surface area contributed by atoms with Gasteiger partial charge in [-0.15, -0.1) is 0 Å². The largest absolute Gasteiger partial charge is 0.481 e. The van der Waals surface area contributed by atoms with Crippen molar-refractivity contribution >= 4 is 5.95 Å². The van der Waals surface area contributed by atoms with E-state index < -0.39 is 11.7 Å². The molecular formula is C14H14F3N3O. The predicted molar refractivity (Wildman–Crippen MR) is 72.1 cm³/mol. The van der Waals surface area contributed by atoms with Gasteiger partial charge in [0.15, 0.2) is 0 Å². The first-order valence-corrected chi connectivity index (χ1v) is 6.18. The number of hydrogen-bond donors (Lipinski definition) is 1. The molecule has 0 aliphatic heterocycles. The summed E-state index contributed by atoms with van der Waals surface area (Å²) in [5.74, 6) is 0.796. The zero-order valence-electron chi connectivity index (χ0n) is 11.5. The van der Waals surface area contributed by atoms with Gasteiger partial charge in [-0.05, 0) is 24.6 Å². The van der Waals surface area contributed by atoms with Crippen molar-refractivity contribution < 1.29 is 17.9 Å². The fraction of sp³-hybridized carbons (Fsp3) is 0.286. The first kappa shape index (κ1) is 15.1. The minimum Gasteiger partial charge on any atom is -0.481 e. The molecule has 0 aliphatic carbocycles. The molecule has 0 spiro atoms. The van der Waals surface area contributed by atoms with Crippen LogP contribution in [0.1, 0.15) is 16.8 Å². The van der Waals surface area contributed by atoms with E-state index >= 15 is 0 Å². The van der Waals surface area contributed by atoms with Gasteiger partial charge >= 0.3 is 6.18 Å². The van der Waals surface area contributed by atoms with E-state index in [4.69, 9.17) is 4.74 Å². The van der Waals surface area contributed by atoms with Gasteiger partial charge in [0.25, 0.3) is 0 Å². The zero-order chi connectivity index (χ0) is 15.5. The van der Waals surface area contributed by atoms with E-state index in [1.165, 1.54) is 19.2 Å². The first-order chi connectivity index (χ1) is 9.88. The van der Waals surface area contributed by atoms with Gasteiger partial charge in [0, 0.05) is 18.3 Å². The number of ether oxygens (including phenoxy) is 1. The lowest BCUT2D eigenvalue weighted by Gasteiger charge is -2.09. The highest BCUT2D eigenvalue weighted by Crippen LogP contribution is 2.29. The van der Waals surface area contributed by atoms with Crippen LogP contribution in [0.2, 0.25) is 0 Å². The Hall–Kier alpha value is -2.31. The lowest BCUT2D eigenvalue weighted by Crippen LogP contribution is -2.07. The van der Waals surface area contributed by atoms with Crippen LogP contribution in [-0.4, -0.2) is 17.1 Å². The summed E-state index contributed by atoms with van der Waals surface area (Å²) in [6.07, 6.45) is -4.32. The number of aromatic nitrogens is 2. The molecule has 1 aromatic heterocycles. The summed E-state index contributed by atoms with van der Waals surface area (Å²) in [4.78, 5) is 8.27. The predicted octanol–water partition coefficient (Wildman–Crippen LogP) is 3.42. The first-order valence-electron chi connectivity index (χ1n) is 6.18. The average molecular weight is 297 g/mol. The van der Waals surface area contributed by atoms with Gasteiger partial charge in [-0.3, -0.25) is 0 Å². The minimum atomic E-state index is -4.32. The van der Waals surface area contributed by atoms with Gasteiger partial charge in [0.2, 0.25) is 11.8 Å². The second-order valence-electron chi connectivity index (χ2n) is 4.42. The Kier molecular flexibility index (Phi) is 4.30. The summed E-state index contributed by atoms with van der Waals surface area (Å²) in [6.45, 7) is 2.12. The van der Waals surface area contributed by atoms with Crippen LogP contribution in [0.3, 0.4) is 0 Å². The molecule has 0 saturated carbocycles. The summed E-state index contributed by atoms with van der Waals surface area (Å²) >= 11 is 0. The maximum absolute atomic E-state index is 12.4. The standard InChI is InChI=1S/C14H14F3N3O/c1-9-7-12(21-2)20-13(19-9)18-8-10-3-5-11(6-4-10)14(15,16)17/h3-7H,8H2,1-2H3,(H,18,19,20). The molecule has 1 N–H and O–H groups in total. The van der Waals surface area contributed by atoms with Gasteiger partial charge in [-0.1, -0.05) is 12.1 Å². The van der Waals surface area contributed by atoms with E-state index in [1.54, 1.807) is 13.0 Å². The van der Waals surface area contributed by atoms with Crippen LogP contribution in [-0.2, 0) is 12.7 Å². The number of halogens is 3. The van der Waals surface area contributed by atoms with E-state index in [0.29, 0.717) is 23.9 Å². The van der Waals surface area contributed by atoms with Crippen molar-refractivity contribution in [2.45, 2.75) is 19.6 Å². The topological polar surface area (TPSA) is 47.0 Å². The van der Waals surface area contributed by atoms with Crippen LogP contribution in [0, 0.1) is 6.92 Å². The molecule has 0 radical (unpaired) electrons. The Morgan fingerprint density at radius 1 is 1.14 bits per heavy atom. The van der Waals surface area contributed by atoms with Gasteiger partial charge in [0.05, 0.1) is 12.7 Å². The Morgan fingerprint density at radius 2 is 1.81 bits per heavy atom. The fourth-order valence-electron chi connectivity index (χ4n) is 1.72. The van der Waals surface area contributed by atoms with Crippen molar-refractivity contribution in [2.75, 3.05) is 12.4 Å². The summed E-state index contributed by atoms with van der Waals surface area (Å²) < 4.78 is 42.4. The molecule has 1 aromatic carbocycles. The van der Waals surface area contributed by atoms with E-state index in [-0.39, 0.29) is 0 Å². The van der Waals surface area contributed by atoms with E-state index in [2.05, 4.69) is 15.3 Å². The van der Waals surface area contributed by atoms with Crippen LogP contribution in [0.5, 0.6) is 5.88 Å². The second kappa shape index (κ2) is 5.99. The molecule has 0 fully saturated rings. The van der Waals surface area contributed by atoms with Gasteiger partial charge in [0.1, 0.15) is 0 Å². The molecule has 21 heavy (non-hydrogen) atoms. The molecule has 0 saturated heterocycles.